The predicted octanol–water partition coefficient (Wildman–Crippen LogP) is 6.80. The Morgan fingerprint density at radius 3 is 1.77 bits per heavy atom. The normalized spacial score (nSPS) is 59.1. The summed E-state index contributed by atoms with van der Waals surface area (Å²) in [4.78, 5) is 31.2. The molecule has 10 rings (SSSR count). The lowest BCUT2D eigenvalue weighted by molar-refractivity contribution is -0.487. The molecule has 6 saturated heterocycles. The minimum absolute atomic E-state index is 0.00796. The smallest absolute Gasteiger partial charge is 0.136 e. The summed E-state index contributed by atoms with van der Waals surface area (Å²) in [6.45, 7) is 14.0. The molecule has 242 valence electrons. The second-order valence-corrected chi connectivity index (χ2v) is 16.9. The largest absolute Gasteiger partial charge is 0.399 e. The summed E-state index contributed by atoms with van der Waals surface area (Å²) in [6, 6.07) is 0. The zero-order chi connectivity index (χ0) is 29.9. The van der Waals surface area contributed by atoms with Crippen LogP contribution in [0.3, 0.4) is 0 Å². The predicted molar refractivity (Wildman–Crippen MR) is 160 cm³/mol. The van der Waals surface area contributed by atoms with Crippen LogP contribution in [0.5, 0.6) is 0 Å². The Morgan fingerprint density at radius 2 is 1.21 bits per heavy atom. The molecule has 0 radical (unpaired) electrons. The molecule has 2 spiro atoms. The molecule has 0 amide bonds. The highest BCUT2D eigenvalue weighted by molar-refractivity contribution is 5.89. The molecule has 16 atom stereocenters. The molecule has 10 aliphatic rings. The fourth-order valence-corrected chi connectivity index (χ4v) is 12.1. The van der Waals surface area contributed by atoms with Crippen LogP contribution in [0, 0.1) is 47.3 Å². The third-order valence-corrected chi connectivity index (χ3v) is 14.5. The summed E-state index contributed by atoms with van der Waals surface area (Å²) in [5, 5.41) is 4.74. The molecule has 0 N–H and O–H groups in total. The Bertz CT molecular complexity index is 1130. The molecular weight excluding hydrogens is 546 g/mol. The van der Waals surface area contributed by atoms with Gasteiger partial charge in [-0.2, -0.15) is 0 Å². The minimum Gasteiger partial charge on any atom is -0.399 e. The zero-order valence-corrected chi connectivity index (χ0v) is 27.5. The van der Waals surface area contributed by atoms with Crippen molar-refractivity contribution in [3.8, 4) is 0 Å². The molecule has 0 aromatic rings. The fraction of sp³-hybridized carbons (Fsp3) is 0.971. The molecule has 0 aromatic carbocycles. The van der Waals surface area contributed by atoms with Crippen molar-refractivity contribution in [1.29, 1.82) is 0 Å². The van der Waals surface area contributed by atoms with E-state index in [0.29, 0.717) is 47.8 Å². The van der Waals surface area contributed by atoms with E-state index in [1.807, 2.05) is 0 Å². The molecule has 8 heteroatoms. The number of ether oxygens (including phenoxy) is 2. The third kappa shape index (κ3) is 4.11. The lowest BCUT2D eigenvalue weighted by atomic mass is 9.55. The van der Waals surface area contributed by atoms with Crippen molar-refractivity contribution in [3.05, 3.63) is 0 Å². The van der Waals surface area contributed by atoms with Gasteiger partial charge in [-0.25, -0.2) is 19.6 Å². The molecule has 4 saturated carbocycles. The molecular formula is C35H55NO7. The van der Waals surface area contributed by atoms with Gasteiger partial charge in [-0.3, -0.25) is 0 Å². The molecule has 4 bridgehead atoms. The molecule has 8 nitrogen and oxygen atoms in total. The molecule has 6 aliphatic heterocycles. The van der Waals surface area contributed by atoms with Gasteiger partial charge in [0.1, 0.15) is 35.6 Å². The van der Waals surface area contributed by atoms with E-state index < -0.39 is 0 Å². The molecule has 10 fully saturated rings. The van der Waals surface area contributed by atoms with Gasteiger partial charge in [-0.05, 0) is 113 Å². The van der Waals surface area contributed by atoms with Crippen LogP contribution in [0.2, 0.25) is 0 Å². The van der Waals surface area contributed by atoms with Gasteiger partial charge in [-0.1, -0.05) is 32.9 Å². The van der Waals surface area contributed by atoms with Crippen molar-refractivity contribution >= 4 is 5.71 Å². The third-order valence-electron chi connectivity index (χ3n) is 14.5. The number of fused-ring (bicyclic) bond motifs is 4. The summed E-state index contributed by atoms with van der Waals surface area (Å²) in [7, 11) is 1.67. The number of oxime groups is 1. The van der Waals surface area contributed by atoms with Crippen molar-refractivity contribution in [2.24, 2.45) is 52.5 Å². The summed E-state index contributed by atoms with van der Waals surface area (Å²) >= 11 is 0. The topological polar surface area (TPSA) is 77.0 Å². The van der Waals surface area contributed by atoms with Gasteiger partial charge in [0.2, 0.25) is 0 Å². The first-order valence-corrected chi connectivity index (χ1v) is 17.7. The van der Waals surface area contributed by atoms with Gasteiger partial charge in [0, 0.05) is 19.3 Å². The number of rotatable bonds is 4. The highest BCUT2D eigenvalue weighted by atomic mass is 17.2. The maximum atomic E-state index is 7.22. The van der Waals surface area contributed by atoms with Crippen LogP contribution in [-0.2, 0) is 33.9 Å². The summed E-state index contributed by atoms with van der Waals surface area (Å²) < 4.78 is 14.4. The standard InChI is InChI=1S/C35H55NO7/c1-19-8-10-25-21(3)28(38-29-17-32(5)14-12-23(19)34(25,29)42-40-32)16-27(36-37-7)31-22(4)26-11-9-20(2)24-13-15-33(6)18-30(39-31)35(24,26)43-41-33/h19-26,28-31H,8-18H2,1-7H3/b36-27-/t19-,20-,21-,22-,23+,24+,25+,26+,28-,29-,30-,31+,32+,33+,34-,35-/m1/s1. The molecule has 6 heterocycles. The van der Waals surface area contributed by atoms with Gasteiger partial charge in [0.05, 0.1) is 24.0 Å². The van der Waals surface area contributed by atoms with Gasteiger partial charge in [0.25, 0.3) is 0 Å². The van der Waals surface area contributed by atoms with E-state index in [0.717, 1.165) is 57.1 Å². The highest BCUT2D eigenvalue weighted by Gasteiger charge is 2.70. The summed E-state index contributed by atoms with van der Waals surface area (Å²) in [5.74, 6) is 3.48. The number of hydrogen-bond donors (Lipinski definition) is 0. The Morgan fingerprint density at radius 1 is 0.674 bits per heavy atom. The fourth-order valence-electron chi connectivity index (χ4n) is 12.1. The minimum atomic E-state index is -0.372. The lowest BCUT2D eigenvalue weighted by Crippen LogP contribution is -2.71. The van der Waals surface area contributed by atoms with Gasteiger partial charge < -0.3 is 14.3 Å². The van der Waals surface area contributed by atoms with Crippen LogP contribution in [0.25, 0.3) is 0 Å². The lowest BCUT2D eigenvalue weighted by Gasteiger charge is -2.62. The van der Waals surface area contributed by atoms with Crippen LogP contribution >= 0.6 is 0 Å². The Hall–Kier alpha value is -0.770. The first kappa shape index (κ1) is 29.6. The average molecular weight is 602 g/mol. The summed E-state index contributed by atoms with van der Waals surface area (Å²) in [5.41, 5.74) is -0.316. The van der Waals surface area contributed by atoms with Crippen molar-refractivity contribution in [1.82, 2.24) is 0 Å². The highest BCUT2D eigenvalue weighted by Crippen LogP contribution is 2.63. The maximum Gasteiger partial charge on any atom is 0.136 e. The van der Waals surface area contributed by atoms with E-state index in [4.69, 9.17) is 39.0 Å². The second kappa shape index (κ2) is 10.1. The van der Waals surface area contributed by atoms with Crippen LogP contribution in [0.15, 0.2) is 5.16 Å². The van der Waals surface area contributed by atoms with E-state index in [-0.39, 0.29) is 52.7 Å². The van der Waals surface area contributed by atoms with Crippen molar-refractivity contribution < 1.29 is 33.9 Å². The number of hydrogen-bond acceptors (Lipinski definition) is 8. The van der Waals surface area contributed by atoms with Gasteiger partial charge >= 0.3 is 0 Å². The SMILES string of the molecule is CO/N=C(/C[C@H]1O[C@@H]2C[C@]3(C)CC[C@H]4[C@H](C)CC[C@@H]([C@H]1C)[C@@]24OO3)[C@H]1O[C@@H]2C[C@]3(C)CC[C@H]4[C@H](C)CC[C@@H]([C@H]1C)[C@@]24OO3. The summed E-state index contributed by atoms with van der Waals surface area (Å²) in [6.07, 6.45) is 11.5. The van der Waals surface area contributed by atoms with Crippen LogP contribution in [0.4, 0.5) is 0 Å². The molecule has 4 aliphatic carbocycles. The average Bonchev–Trinajstić information content (AvgIpc) is 3.35. The Kier molecular flexibility index (Phi) is 6.97. The van der Waals surface area contributed by atoms with E-state index in [1.54, 1.807) is 7.11 Å². The van der Waals surface area contributed by atoms with Gasteiger partial charge in [0.15, 0.2) is 0 Å². The molecule has 0 aromatic heterocycles. The number of nitrogens with zero attached hydrogens (tertiary/aromatic N) is 1. The van der Waals surface area contributed by atoms with Crippen LogP contribution in [-0.4, -0.2) is 59.6 Å². The quantitative estimate of drug-likeness (QED) is 0.199. The van der Waals surface area contributed by atoms with Crippen LogP contribution in [0.1, 0.15) is 112 Å². The first-order valence-electron chi connectivity index (χ1n) is 17.7. The van der Waals surface area contributed by atoms with Crippen molar-refractivity contribution in [3.63, 3.8) is 0 Å². The zero-order valence-electron chi connectivity index (χ0n) is 27.5. The second-order valence-electron chi connectivity index (χ2n) is 16.9. The van der Waals surface area contributed by atoms with E-state index in [1.165, 1.54) is 12.8 Å². The Balaban J connectivity index is 1.10. The maximum absolute atomic E-state index is 7.22. The van der Waals surface area contributed by atoms with E-state index in [9.17, 15) is 0 Å². The monoisotopic (exact) mass is 601 g/mol. The molecule has 43 heavy (non-hydrogen) atoms. The van der Waals surface area contributed by atoms with Crippen molar-refractivity contribution in [2.45, 2.75) is 159 Å². The first-order chi connectivity index (χ1) is 20.5. The van der Waals surface area contributed by atoms with E-state index in [2.05, 4.69) is 41.5 Å². The Labute approximate surface area is 258 Å². The van der Waals surface area contributed by atoms with Crippen molar-refractivity contribution in [2.75, 3.05) is 7.11 Å². The molecule has 0 unspecified atom stereocenters. The van der Waals surface area contributed by atoms with Crippen LogP contribution < -0.4 is 0 Å². The van der Waals surface area contributed by atoms with E-state index >= 15 is 0 Å². The van der Waals surface area contributed by atoms with Gasteiger partial charge in [-0.15, -0.1) is 0 Å².